The van der Waals surface area contributed by atoms with Crippen molar-refractivity contribution in [3.63, 3.8) is 0 Å². The maximum Gasteiger partial charge on any atom is 0.243 e. The Balaban J connectivity index is 0.00000338. The summed E-state index contributed by atoms with van der Waals surface area (Å²) in [6.45, 7) is 2.80. The third-order valence-corrected chi connectivity index (χ3v) is 4.73. The van der Waals surface area contributed by atoms with E-state index in [1.54, 1.807) is 25.4 Å². The first-order chi connectivity index (χ1) is 12.0. The molecule has 1 aromatic carbocycles. The first-order valence-corrected chi connectivity index (χ1v) is 9.24. The molecular weight excluding hydrogens is 483 g/mol. The van der Waals surface area contributed by atoms with Crippen LogP contribution in [0.2, 0.25) is 5.02 Å². The van der Waals surface area contributed by atoms with Crippen LogP contribution in [-0.4, -0.2) is 37.4 Å². The van der Waals surface area contributed by atoms with Crippen molar-refractivity contribution in [1.29, 1.82) is 0 Å². The minimum Gasteiger partial charge on any atom is -0.351 e. The molecule has 1 heterocycles. The minimum absolute atomic E-state index is 0. The van der Waals surface area contributed by atoms with Gasteiger partial charge in [0.2, 0.25) is 5.91 Å². The number of amides is 1. The largest absolute Gasteiger partial charge is 0.351 e. The van der Waals surface area contributed by atoms with Gasteiger partial charge in [-0.3, -0.25) is 4.79 Å². The minimum atomic E-state index is -0.0450. The Labute approximate surface area is 180 Å². The first-order valence-electron chi connectivity index (χ1n) is 7.98. The van der Waals surface area contributed by atoms with Crippen molar-refractivity contribution in [1.82, 2.24) is 15.5 Å². The molecule has 1 unspecified atom stereocenters. The van der Waals surface area contributed by atoms with Crippen LogP contribution in [0.4, 0.5) is 0 Å². The van der Waals surface area contributed by atoms with Crippen LogP contribution in [0.3, 0.4) is 0 Å². The third-order valence-electron chi connectivity index (χ3n) is 3.60. The molecule has 0 saturated heterocycles. The number of aliphatic imine (C=N–C) groups is 1. The van der Waals surface area contributed by atoms with Gasteiger partial charge in [-0.05, 0) is 36.1 Å². The van der Waals surface area contributed by atoms with Gasteiger partial charge in [0.15, 0.2) is 5.96 Å². The number of nitrogens with zero attached hydrogens (tertiary/aromatic N) is 2. The zero-order valence-corrected chi connectivity index (χ0v) is 18.9. The monoisotopic (exact) mass is 506 g/mol. The van der Waals surface area contributed by atoms with E-state index in [9.17, 15) is 4.79 Å². The van der Waals surface area contributed by atoms with E-state index in [1.807, 2.05) is 42.6 Å². The molecular formula is C18H24ClIN4OS. The van der Waals surface area contributed by atoms with E-state index in [4.69, 9.17) is 11.6 Å². The summed E-state index contributed by atoms with van der Waals surface area (Å²) in [7, 11) is 3.45. The number of thiophene rings is 1. The van der Waals surface area contributed by atoms with Gasteiger partial charge in [-0.2, -0.15) is 0 Å². The highest BCUT2D eigenvalue weighted by Gasteiger charge is 2.10. The molecule has 2 rings (SSSR count). The molecule has 2 aromatic rings. The molecule has 0 aliphatic heterocycles. The lowest BCUT2D eigenvalue weighted by Gasteiger charge is -2.19. The lowest BCUT2D eigenvalue weighted by Crippen LogP contribution is -2.39. The van der Waals surface area contributed by atoms with Crippen molar-refractivity contribution in [2.75, 3.05) is 20.6 Å². The average molecular weight is 507 g/mol. The average Bonchev–Trinajstić information content (AvgIpc) is 3.10. The molecule has 26 heavy (non-hydrogen) atoms. The zero-order valence-electron chi connectivity index (χ0n) is 15.0. The summed E-state index contributed by atoms with van der Waals surface area (Å²) < 4.78 is 0. The van der Waals surface area contributed by atoms with Crippen LogP contribution in [0.15, 0.2) is 46.8 Å². The van der Waals surface area contributed by atoms with Crippen molar-refractivity contribution in [3.05, 3.63) is 57.2 Å². The van der Waals surface area contributed by atoms with Gasteiger partial charge < -0.3 is 15.5 Å². The number of carbonyl (C=O) groups is 1. The zero-order chi connectivity index (χ0) is 18.2. The van der Waals surface area contributed by atoms with Crippen molar-refractivity contribution in [2.45, 2.75) is 19.5 Å². The van der Waals surface area contributed by atoms with Crippen molar-refractivity contribution in [2.24, 2.45) is 4.99 Å². The van der Waals surface area contributed by atoms with Gasteiger partial charge in [0.05, 0.1) is 12.6 Å². The Morgan fingerprint density at radius 1 is 1.27 bits per heavy atom. The van der Waals surface area contributed by atoms with E-state index in [2.05, 4.69) is 21.7 Å². The Kier molecular flexibility index (Phi) is 9.97. The molecule has 1 atom stereocenters. The van der Waals surface area contributed by atoms with Crippen molar-refractivity contribution in [3.8, 4) is 0 Å². The van der Waals surface area contributed by atoms with Crippen LogP contribution in [0.5, 0.6) is 0 Å². The summed E-state index contributed by atoms with van der Waals surface area (Å²) in [6.07, 6.45) is 0. The quantitative estimate of drug-likeness (QED) is 0.355. The number of hydrogen-bond acceptors (Lipinski definition) is 3. The predicted molar refractivity (Wildman–Crippen MR) is 121 cm³/mol. The summed E-state index contributed by atoms with van der Waals surface area (Å²) in [5.41, 5.74) is 1.09. The number of likely N-dealkylation sites (N-methyl/N-ethyl adjacent to an activating group) is 1. The summed E-state index contributed by atoms with van der Waals surface area (Å²) in [4.78, 5) is 19.0. The smallest absolute Gasteiger partial charge is 0.243 e. The Morgan fingerprint density at radius 3 is 2.54 bits per heavy atom. The highest BCUT2D eigenvalue weighted by Crippen LogP contribution is 2.16. The van der Waals surface area contributed by atoms with Gasteiger partial charge in [-0.15, -0.1) is 35.3 Å². The molecule has 0 radical (unpaired) electrons. The molecule has 0 saturated carbocycles. The van der Waals surface area contributed by atoms with Crippen molar-refractivity contribution < 1.29 is 4.79 Å². The maximum atomic E-state index is 11.8. The van der Waals surface area contributed by atoms with E-state index in [0.29, 0.717) is 17.5 Å². The fourth-order valence-electron chi connectivity index (χ4n) is 2.06. The van der Waals surface area contributed by atoms with E-state index < -0.39 is 0 Å². The van der Waals surface area contributed by atoms with Gasteiger partial charge in [0.25, 0.3) is 0 Å². The fourth-order valence-corrected chi connectivity index (χ4v) is 2.84. The van der Waals surface area contributed by atoms with Gasteiger partial charge in [0, 0.05) is 24.0 Å². The molecule has 0 fully saturated rings. The van der Waals surface area contributed by atoms with Crippen LogP contribution in [0.25, 0.3) is 0 Å². The summed E-state index contributed by atoms with van der Waals surface area (Å²) in [6, 6.07) is 11.8. The highest BCUT2D eigenvalue weighted by atomic mass is 127. The fraction of sp³-hybridized carbons (Fsp3) is 0.333. The summed E-state index contributed by atoms with van der Waals surface area (Å²) in [5, 5.41) is 9.36. The lowest BCUT2D eigenvalue weighted by molar-refractivity contribution is -0.127. The van der Waals surface area contributed by atoms with E-state index >= 15 is 0 Å². The highest BCUT2D eigenvalue weighted by molar-refractivity contribution is 14.0. The third kappa shape index (κ3) is 7.51. The predicted octanol–water partition coefficient (Wildman–Crippen LogP) is 3.90. The van der Waals surface area contributed by atoms with E-state index in [1.165, 1.54) is 9.78 Å². The second-order valence-electron chi connectivity index (χ2n) is 5.80. The number of carbonyl (C=O) groups excluding carboxylic acids is 1. The number of rotatable bonds is 6. The Hall–Kier alpha value is -1.32. The summed E-state index contributed by atoms with van der Waals surface area (Å²) >= 11 is 7.62. The number of hydrogen-bond donors (Lipinski definition) is 2. The van der Waals surface area contributed by atoms with Crippen LogP contribution in [0, 0.1) is 0 Å². The number of nitrogens with one attached hydrogen (secondary N) is 2. The number of guanidine groups is 1. The Morgan fingerprint density at radius 2 is 1.96 bits per heavy atom. The van der Waals surface area contributed by atoms with Crippen LogP contribution < -0.4 is 10.6 Å². The molecule has 0 aliphatic carbocycles. The first kappa shape index (κ1) is 22.7. The van der Waals surface area contributed by atoms with Gasteiger partial charge >= 0.3 is 0 Å². The lowest BCUT2D eigenvalue weighted by atomic mass is 10.1. The second-order valence-corrected chi connectivity index (χ2v) is 7.27. The number of benzene rings is 1. The Bertz CT molecular complexity index is 704. The molecule has 1 aromatic heterocycles. The molecule has 5 nitrogen and oxygen atoms in total. The van der Waals surface area contributed by atoms with E-state index in [0.717, 1.165) is 5.56 Å². The molecule has 2 N–H and O–H groups in total. The molecule has 142 valence electrons. The molecule has 0 spiro atoms. The van der Waals surface area contributed by atoms with Gasteiger partial charge in [-0.25, -0.2) is 4.99 Å². The van der Waals surface area contributed by atoms with E-state index in [-0.39, 0.29) is 42.5 Å². The standard InChI is InChI=1S/C18H23ClN4OS.HI/c1-13(14-6-8-15(19)9-7-14)22-18(21-12-17(24)23(2)3)20-11-16-5-4-10-25-16;/h4-10,13H,11-12H2,1-3H3,(H2,20,21,22);1H. The topological polar surface area (TPSA) is 56.7 Å². The molecule has 0 bridgehead atoms. The maximum absolute atomic E-state index is 11.8. The SMILES string of the molecule is CC(NC(=NCC(=O)N(C)C)NCc1cccs1)c1ccc(Cl)cc1.I. The second kappa shape index (κ2) is 11.4. The van der Waals surface area contributed by atoms with Crippen molar-refractivity contribution >= 4 is 58.8 Å². The number of halogens is 2. The normalized spacial score (nSPS) is 12.1. The van der Waals surface area contributed by atoms with Crippen LogP contribution >= 0.6 is 46.9 Å². The summed E-state index contributed by atoms with van der Waals surface area (Å²) in [5.74, 6) is 0.558. The van der Waals surface area contributed by atoms with Gasteiger partial charge in [0.1, 0.15) is 6.54 Å². The molecule has 8 heteroatoms. The molecule has 0 aliphatic rings. The van der Waals surface area contributed by atoms with Crippen LogP contribution in [-0.2, 0) is 11.3 Å². The van der Waals surface area contributed by atoms with Gasteiger partial charge in [-0.1, -0.05) is 29.8 Å². The van der Waals surface area contributed by atoms with Crippen LogP contribution in [0.1, 0.15) is 23.4 Å². The molecule has 1 amide bonds.